The highest BCUT2D eigenvalue weighted by Crippen LogP contribution is 2.23. The average Bonchev–Trinajstić information content (AvgIpc) is 3.25. The van der Waals surface area contributed by atoms with E-state index in [1.54, 1.807) is 6.07 Å². The first kappa shape index (κ1) is 20.5. The molecule has 4 aromatic rings. The molecule has 0 aliphatic heterocycles. The first-order valence-corrected chi connectivity index (χ1v) is 10.3. The Kier molecular flexibility index (Phi) is 6.23. The van der Waals surface area contributed by atoms with Crippen molar-refractivity contribution < 1.29 is 18.4 Å². The molecule has 9 heteroatoms. The van der Waals surface area contributed by atoms with Gasteiger partial charge in [-0.2, -0.15) is 0 Å². The molecule has 0 radical (unpaired) electrons. The summed E-state index contributed by atoms with van der Waals surface area (Å²) in [5, 5.41) is 15.3. The van der Waals surface area contributed by atoms with E-state index in [2.05, 4.69) is 20.8 Å². The summed E-state index contributed by atoms with van der Waals surface area (Å²) < 4.78 is 19.1. The van der Waals surface area contributed by atoms with E-state index in [9.17, 15) is 14.0 Å². The molecule has 0 aliphatic carbocycles. The lowest BCUT2D eigenvalue weighted by Gasteiger charge is -2.07. The monoisotopic (exact) mass is 436 g/mol. The fraction of sp³-hybridized carbons (Fsp3) is 0.0909. The predicted molar refractivity (Wildman–Crippen MR) is 115 cm³/mol. The van der Waals surface area contributed by atoms with E-state index in [0.717, 1.165) is 28.2 Å². The van der Waals surface area contributed by atoms with E-state index in [0.29, 0.717) is 0 Å². The Morgan fingerprint density at radius 1 is 0.968 bits per heavy atom. The van der Waals surface area contributed by atoms with Crippen LogP contribution in [0.3, 0.4) is 0 Å². The number of fused-ring (bicyclic) bond motifs is 1. The van der Waals surface area contributed by atoms with Gasteiger partial charge in [0, 0.05) is 11.1 Å². The molecule has 1 heterocycles. The van der Waals surface area contributed by atoms with Gasteiger partial charge in [-0.05, 0) is 23.6 Å². The van der Waals surface area contributed by atoms with E-state index in [1.165, 1.54) is 18.2 Å². The topological polar surface area (TPSA) is 97.1 Å². The minimum atomic E-state index is -0.612. The van der Waals surface area contributed by atoms with Crippen molar-refractivity contribution in [1.29, 1.82) is 0 Å². The van der Waals surface area contributed by atoms with Gasteiger partial charge in [0.15, 0.2) is 0 Å². The molecule has 0 spiro atoms. The number of nitrogens with one attached hydrogen (secondary N) is 2. The van der Waals surface area contributed by atoms with Crippen LogP contribution in [0.25, 0.3) is 10.8 Å². The molecular weight excluding hydrogens is 419 g/mol. The summed E-state index contributed by atoms with van der Waals surface area (Å²) in [5.41, 5.74) is 0.660. The van der Waals surface area contributed by atoms with E-state index in [1.807, 2.05) is 42.5 Å². The van der Waals surface area contributed by atoms with Crippen LogP contribution in [0.2, 0.25) is 0 Å². The number of hydrogen-bond donors (Lipinski definition) is 2. The predicted octanol–water partition coefficient (Wildman–Crippen LogP) is 4.02. The molecule has 2 amide bonds. The fourth-order valence-corrected chi connectivity index (χ4v) is 3.49. The van der Waals surface area contributed by atoms with Crippen molar-refractivity contribution in [2.45, 2.75) is 11.8 Å². The van der Waals surface area contributed by atoms with Gasteiger partial charge in [-0.25, -0.2) is 4.39 Å². The lowest BCUT2D eigenvalue weighted by molar-refractivity contribution is -0.113. The third kappa shape index (κ3) is 5.07. The molecule has 0 saturated heterocycles. The number of nitrogens with zero attached hydrogens (tertiary/aromatic N) is 2. The summed E-state index contributed by atoms with van der Waals surface area (Å²) >= 11 is 1.08. The second-order valence-corrected chi connectivity index (χ2v) is 7.41. The van der Waals surface area contributed by atoms with E-state index < -0.39 is 11.7 Å². The highest BCUT2D eigenvalue weighted by molar-refractivity contribution is 7.99. The molecule has 0 bridgehead atoms. The average molecular weight is 436 g/mol. The number of hydrogen-bond acceptors (Lipinski definition) is 6. The maximum atomic E-state index is 13.6. The lowest BCUT2D eigenvalue weighted by Crippen LogP contribution is -2.23. The van der Waals surface area contributed by atoms with Crippen molar-refractivity contribution in [3.63, 3.8) is 0 Å². The molecule has 3 aromatic carbocycles. The Morgan fingerprint density at radius 2 is 1.74 bits per heavy atom. The molecule has 4 rings (SSSR count). The summed E-state index contributed by atoms with van der Waals surface area (Å²) in [5.74, 6) is -1.18. The number of rotatable bonds is 7. The molecule has 0 unspecified atom stereocenters. The SMILES string of the molecule is O=C(CSc1nnc(CNC(=O)c2ccccc2F)o1)Nc1cccc2ccccc12. The fourth-order valence-electron chi connectivity index (χ4n) is 2.91. The maximum absolute atomic E-state index is 13.6. The minimum Gasteiger partial charge on any atom is -0.414 e. The van der Waals surface area contributed by atoms with Gasteiger partial charge < -0.3 is 15.1 Å². The van der Waals surface area contributed by atoms with Gasteiger partial charge in [-0.15, -0.1) is 10.2 Å². The van der Waals surface area contributed by atoms with Gasteiger partial charge in [0.05, 0.1) is 17.9 Å². The molecule has 156 valence electrons. The van der Waals surface area contributed by atoms with Crippen molar-refractivity contribution in [2.75, 3.05) is 11.1 Å². The number of amides is 2. The first-order valence-electron chi connectivity index (χ1n) is 9.35. The quantitative estimate of drug-likeness (QED) is 0.425. The minimum absolute atomic E-state index is 0.0527. The van der Waals surface area contributed by atoms with Gasteiger partial charge in [0.25, 0.3) is 11.1 Å². The Morgan fingerprint density at radius 3 is 2.61 bits per heavy atom. The zero-order valence-corrected chi connectivity index (χ0v) is 17.0. The first-order chi connectivity index (χ1) is 15.1. The third-order valence-corrected chi connectivity index (χ3v) is 5.18. The smallest absolute Gasteiger partial charge is 0.277 e. The maximum Gasteiger partial charge on any atom is 0.277 e. The number of benzene rings is 3. The van der Waals surface area contributed by atoms with Crippen molar-refractivity contribution >= 4 is 40.0 Å². The highest BCUT2D eigenvalue weighted by atomic mass is 32.2. The molecule has 0 fully saturated rings. The van der Waals surface area contributed by atoms with Crippen LogP contribution in [-0.2, 0) is 11.3 Å². The van der Waals surface area contributed by atoms with Crippen LogP contribution in [0.15, 0.2) is 76.4 Å². The zero-order chi connectivity index (χ0) is 21.6. The molecule has 7 nitrogen and oxygen atoms in total. The summed E-state index contributed by atoms with van der Waals surface area (Å²) in [7, 11) is 0. The Hall–Kier alpha value is -3.72. The van der Waals surface area contributed by atoms with Crippen LogP contribution >= 0.6 is 11.8 Å². The second kappa shape index (κ2) is 9.40. The van der Waals surface area contributed by atoms with E-state index in [4.69, 9.17) is 4.42 Å². The van der Waals surface area contributed by atoms with Crippen LogP contribution in [-0.4, -0.2) is 27.8 Å². The second-order valence-electron chi connectivity index (χ2n) is 6.49. The van der Waals surface area contributed by atoms with Crippen LogP contribution < -0.4 is 10.6 Å². The number of thioether (sulfide) groups is 1. The molecule has 0 saturated carbocycles. The third-order valence-electron chi connectivity index (χ3n) is 4.36. The van der Waals surface area contributed by atoms with Crippen molar-refractivity contribution in [3.8, 4) is 0 Å². The van der Waals surface area contributed by atoms with E-state index in [-0.39, 0.29) is 34.9 Å². The normalized spacial score (nSPS) is 10.7. The molecule has 2 N–H and O–H groups in total. The van der Waals surface area contributed by atoms with Gasteiger partial charge in [0.2, 0.25) is 11.8 Å². The number of halogens is 1. The van der Waals surface area contributed by atoms with Crippen molar-refractivity contribution in [1.82, 2.24) is 15.5 Å². The highest BCUT2D eigenvalue weighted by Gasteiger charge is 2.14. The number of aromatic nitrogens is 2. The molecular formula is C22H17FN4O3S. The summed E-state index contributed by atoms with van der Waals surface area (Å²) in [6, 6.07) is 19.1. The van der Waals surface area contributed by atoms with Gasteiger partial charge >= 0.3 is 0 Å². The van der Waals surface area contributed by atoms with Crippen LogP contribution in [0.5, 0.6) is 0 Å². The Bertz CT molecular complexity index is 1240. The molecule has 0 aliphatic rings. The van der Waals surface area contributed by atoms with Gasteiger partial charge in [0.1, 0.15) is 5.82 Å². The number of anilines is 1. The van der Waals surface area contributed by atoms with Crippen LogP contribution in [0.1, 0.15) is 16.2 Å². The standard InChI is InChI=1S/C22H17FN4O3S/c23-17-10-4-3-9-16(17)21(29)24-12-20-26-27-22(30-20)31-13-19(28)25-18-11-5-7-14-6-1-2-8-15(14)18/h1-11H,12-13H2,(H,24,29)(H,25,28). The van der Waals surface area contributed by atoms with Crippen LogP contribution in [0, 0.1) is 5.82 Å². The lowest BCUT2D eigenvalue weighted by atomic mass is 10.1. The van der Waals surface area contributed by atoms with Gasteiger partial charge in [-0.3, -0.25) is 9.59 Å². The Labute approximate surface area is 181 Å². The van der Waals surface area contributed by atoms with Crippen molar-refractivity contribution in [3.05, 3.63) is 84.0 Å². The zero-order valence-electron chi connectivity index (χ0n) is 16.2. The summed E-state index contributed by atoms with van der Waals surface area (Å²) in [6.45, 7) is -0.0527. The summed E-state index contributed by atoms with van der Waals surface area (Å²) in [4.78, 5) is 24.4. The van der Waals surface area contributed by atoms with Crippen LogP contribution in [0.4, 0.5) is 10.1 Å². The molecule has 1 aromatic heterocycles. The van der Waals surface area contributed by atoms with E-state index >= 15 is 0 Å². The van der Waals surface area contributed by atoms with Crippen molar-refractivity contribution in [2.24, 2.45) is 0 Å². The molecule has 31 heavy (non-hydrogen) atoms. The number of carbonyl (C=O) groups is 2. The molecule has 0 atom stereocenters. The largest absolute Gasteiger partial charge is 0.414 e. The van der Waals surface area contributed by atoms with Gasteiger partial charge in [-0.1, -0.05) is 60.3 Å². The number of carbonyl (C=O) groups excluding carboxylic acids is 2. The Balaban J connectivity index is 1.29. The summed E-state index contributed by atoms with van der Waals surface area (Å²) in [6.07, 6.45) is 0.